The lowest BCUT2D eigenvalue weighted by Crippen LogP contribution is -2.44. The number of rotatable bonds is 6. The van der Waals surface area contributed by atoms with Gasteiger partial charge in [0.25, 0.3) is 0 Å². The molecule has 9 heteroatoms. The highest BCUT2D eigenvalue weighted by molar-refractivity contribution is 7.89. The highest BCUT2D eigenvalue weighted by Gasteiger charge is 2.32. The Morgan fingerprint density at radius 3 is 2.50 bits per heavy atom. The number of nitrogens with zero attached hydrogens (tertiary/aromatic N) is 2. The van der Waals surface area contributed by atoms with Gasteiger partial charge < -0.3 is 10.6 Å². The summed E-state index contributed by atoms with van der Waals surface area (Å²) in [6.07, 6.45) is 2.53. The lowest BCUT2D eigenvalue weighted by molar-refractivity contribution is -0.128. The number of aromatic nitrogens is 1. The molecule has 1 aliphatic rings. The number of carbonyl (C=O) groups is 2. The van der Waals surface area contributed by atoms with Gasteiger partial charge in [-0.2, -0.15) is 4.31 Å². The van der Waals surface area contributed by atoms with E-state index in [0.29, 0.717) is 18.5 Å². The van der Waals surface area contributed by atoms with E-state index in [2.05, 4.69) is 15.6 Å². The molecule has 0 aliphatic carbocycles. The van der Waals surface area contributed by atoms with Crippen LogP contribution in [0.4, 0.5) is 5.69 Å². The second kappa shape index (κ2) is 9.46. The summed E-state index contributed by atoms with van der Waals surface area (Å²) in [6.45, 7) is 0.395. The number of nitrogens with one attached hydrogen (secondary N) is 2. The van der Waals surface area contributed by atoms with Crippen molar-refractivity contribution in [3.8, 4) is 0 Å². The first-order valence-corrected chi connectivity index (χ1v) is 11.8. The molecule has 0 saturated carbocycles. The van der Waals surface area contributed by atoms with E-state index in [1.54, 1.807) is 42.6 Å². The van der Waals surface area contributed by atoms with Crippen molar-refractivity contribution in [1.82, 2.24) is 14.6 Å². The first-order chi connectivity index (χ1) is 15.4. The molecule has 0 radical (unpaired) electrons. The van der Waals surface area contributed by atoms with Crippen LogP contribution in [-0.4, -0.2) is 49.2 Å². The molecule has 1 fully saturated rings. The summed E-state index contributed by atoms with van der Waals surface area (Å²) >= 11 is 0. The van der Waals surface area contributed by atoms with Gasteiger partial charge in [-0.15, -0.1) is 0 Å². The van der Waals surface area contributed by atoms with Crippen LogP contribution in [0.25, 0.3) is 10.9 Å². The van der Waals surface area contributed by atoms with Crippen LogP contribution < -0.4 is 10.6 Å². The minimum absolute atomic E-state index is 0.146. The Kier molecular flexibility index (Phi) is 6.48. The number of pyridine rings is 1. The molecule has 1 aliphatic heterocycles. The van der Waals surface area contributed by atoms with E-state index in [9.17, 15) is 18.0 Å². The lowest BCUT2D eigenvalue weighted by Gasteiger charge is -2.30. The van der Waals surface area contributed by atoms with Crippen molar-refractivity contribution in [2.45, 2.75) is 17.7 Å². The second-order valence-corrected chi connectivity index (χ2v) is 9.61. The molecule has 1 aromatic heterocycles. The Morgan fingerprint density at radius 2 is 1.75 bits per heavy atom. The third-order valence-electron chi connectivity index (χ3n) is 5.52. The zero-order valence-corrected chi connectivity index (χ0v) is 18.2. The van der Waals surface area contributed by atoms with Gasteiger partial charge in [0.2, 0.25) is 21.8 Å². The quantitative estimate of drug-likeness (QED) is 0.597. The first-order valence-electron chi connectivity index (χ1n) is 10.4. The van der Waals surface area contributed by atoms with E-state index in [0.717, 1.165) is 10.9 Å². The summed E-state index contributed by atoms with van der Waals surface area (Å²) in [7, 11) is -3.55. The number of sulfonamides is 1. The third kappa shape index (κ3) is 4.95. The molecule has 3 aromatic rings. The molecule has 2 amide bonds. The average molecular weight is 453 g/mol. The highest BCUT2D eigenvalue weighted by atomic mass is 32.2. The SMILES string of the molecule is O=C(CNC(=O)C1CCN(S(=O)(=O)c2ccccc2)CC1)Nc1ccc2ncccc2c1. The maximum Gasteiger partial charge on any atom is 0.243 e. The normalized spacial score (nSPS) is 15.4. The molecule has 1 saturated heterocycles. The minimum atomic E-state index is -3.55. The zero-order chi connectivity index (χ0) is 22.6. The number of hydrogen-bond acceptors (Lipinski definition) is 5. The van der Waals surface area contributed by atoms with Gasteiger partial charge in [-0.1, -0.05) is 24.3 Å². The number of amides is 2. The Morgan fingerprint density at radius 1 is 1.00 bits per heavy atom. The number of fused-ring (bicyclic) bond motifs is 1. The average Bonchev–Trinajstić information content (AvgIpc) is 2.83. The summed E-state index contributed by atoms with van der Waals surface area (Å²) in [5, 5.41) is 6.34. The standard InChI is InChI=1S/C23H24N4O4S/c28-22(26-19-8-9-21-18(15-19)5-4-12-24-21)16-25-23(29)17-10-13-27(14-11-17)32(30,31)20-6-2-1-3-7-20/h1-9,12,15,17H,10-11,13-14,16H2,(H,25,29)(H,26,28). The van der Waals surface area contributed by atoms with Gasteiger partial charge in [-0.3, -0.25) is 14.6 Å². The van der Waals surface area contributed by atoms with Crippen molar-refractivity contribution in [2.24, 2.45) is 5.92 Å². The smallest absolute Gasteiger partial charge is 0.243 e. The number of piperidine rings is 1. The van der Waals surface area contributed by atoms with E-state index in [1.165, 1.54) is 4.31 Å². The zero-order valence-electron chi connectivity index (χ0n) is 17.4. The number of hydrogen-bond donors (Lipinski definition) is 2. The summed E-state index contributed by atoms with van der Waals surface area (Å²) < 4.78 is 26.8. The molecule has 166 valence electrons. The molecule has 0 bridgehead atoms. The fourth-order valence-corrected chi connectivity index (χ4v) is 5.26. The predicted octanol–water partition coefficient (Wildman–Crippen LogP) is 2.39. The molecule has 8 nitrogen and oxygen atoms in total. The monoisotopic (exact) mass is 452 g/mol. The van der Waals surface area contributed by atoms with Crippen LogP contribution >= 0.6 is 0 Å². The van der Waals surface area contributed by atoms with E-state index in [1.807, 2.05) is 24.3 Å². The predicted molar refractivity (Wildman–Crippen MR) is 121 cm³/mol. The molecule has 4 rings (SSSR count). The van der Waals surface area contributed by atoms with Crippen LogP contribution in [-0.2, 0) is 19.6 Å². The molecule has 0 atom stereocenters. The van der Waals surface area contributed by atoms with Crippen LogP contribution in [0.2, 0.25) is 0 Å². The third-order valence-corrected chi connectivity index (χ3v) is 7.43. The van der Waals surface area contributed by atoms with E-state index >= 15 is 0 Å². The Bertz CT molecular complexity index is 1220. The molecule has 2 heterocycles. The summed E-state index contributed by atoms with van der Waals surface area (Å²) in [5.74, 6) is -0.887. The van der Waals surface area contributed by atoms with Gasteiger partial charge in [0, 0.05) is 36.3 Å². The van der Waals surface area contributed by atoms with Gasteiger partial charge in [0.1, 0.15) is 0 Å². The van der Waals surface area contributed by atoms with Crippen LogP contribution in [0.1, 0.15) is 12.8 Å². The number of carbonyl (C=O) groups excluding carboxylic acids is 2. The van der Waals surface area contributed by atoms with E-state index in [-0.39, 0.29) is 42.3 Å². The fraction of sp³-hybridized carbons (Fsp3) is 0.261. The van der Waals surface area contributed by atoms with E-state index in [4.69, 9.17) is 0 Å². The Balaban J connectivity index is 1.26. The highest BCUT2D eigenvalue weighted by Crippen LogP contribution is 2.24. The molecule has 0 spiro atoms. The minimum Gasteiger partial charge on any atom is -0.347 e. The number of benzene rings is 2. The van der Waals surface area contributed by atoms with Crippen molar-refractivity contribution in [3.05, 3.63) is 66.9 Å². The summed E-state index contributed by atoms with van der Waals surface area (Å²) in [6, 6.07) is 17.4. The second-order valence-electron chi connectivity index (χ2n) is 7.67. The van der Waals surface area contributed by atoms with Gasteiger partial charge in [0.05, 0.1) is 17.0 Å². The fourth-order valence-electron chi connectivity index (χ4n) is 3.77. The van der Waals surface area contributed by atoms with E-state index < -0.39 is 10.0 Å². The molecule has 0 unspecified atom stereocenters. The molecular formula is C23H24N4O4S. The van der Waals surface area contributed by atoms with Gasteiger partial charge in [0.15, 0.2) is 0 Å². The van der Waals surface area contributed by atoms with Crippen molar-refractivity contribution in [1.29, 1.82) is 0 Å². The Labute approximate surface area is 186 Å². The van der Waals surface area contributed by atoms with Gasteiger partial charge in [-0.05, 0) is 49.2 Å². The summed E-state index contributed by atoms with van der Waals surface area (Å²) in [5.41, 5.74) is 1.46. The maximum absolute atomic E-state index is 12.7. The van der Waals surface area contributed by atoms with Gasteiger partial charge >= 0.3 is 0 Å². The molecule has 32 heavy (non-hydrogen) atoms. The molecule has 2 N–H and O–H groups in total. The number of anilines is 1. The van der Waals surface area contributed by atoms with Crippen molar-refractivity contribution < 1.29 is 18.0 Å². The van der Waals surface area contributed by atoms with Crippen molar-refractivity contribution >= 4 is 38.4 Å². The van der Waals surface area contributed by atoms with Crippen LogP contribution in [0.15, 0.2) is 71.8 Å². The van der Waals surface area contributed by atoms with Crippen LogP contribution in [0.3, 0.4) is 0 Å². The summed E-state index contributed by atoms with van der Waals surface area (Å²) in [4.78, 5) is 29.2. The van der Waals surface area contributed by atoms with Crippen LogP contribution in [0, 0.1) is 5.92 Å². The van der Waals surface area contributed by atoms with Crippen molar-refractivity contribution in [2.75, 3.05) is 25.0 Å². The lowest BCUT2D eigenvalue weighted by atomic mass is 9.97. The molecular weight excluding hydrogens is 428 g/mol. The first kappa shape index (κ1) is 21.9. The van der Waals surface area contributed by atoms with Crippen molar-refractivity contribution in [3.63, 3.8) is 0 Å². The van der Waals surface area contributed by atoms with Crippen LogP contribution in [0.5, 0.6) is 0 Å². The Hall–Kier alpha value is -3.30. The van der Waals surface area contributed by atoms with Gasteiger partial charge in [-0.25, -0.2) is 8.42 Å². The maximum atomic E-state index is 12.7. The topological polar surface area (TPSA) is 108 Å². The molecule has 2 aromatic carbocycles. The largest absolute Gasteiger partial charge is 0.347 e.